The highest BCUT2D eigenvalue weighted by Crippen LogP contribution is 2.46. The lowest BCUT2D eigenvalue weighted by atomic mass is 9.76. The summed E-state index contributed by atoms with van der Waals surface area (Å²) in [6.07, 6.45) is 8.27. The number of carbonyl (C=O) groups excluding carboxylic acids is 1. The molecule has 0 amide bonds. The largest absolute Gasteiger partial charge is 0.423 e. The molecule has 0 radical (unpaired) electrons. The van der Waals surface area contributed by atoms with E-state index in [1.54, 1.807) is 0 Å². The van der Waals surface area contributed by atoms with Crippen LogP contribution in [0.25, 0.3) is 16.8 Å². The molecule has 1 saturated carbocycles. The van der Waals surface area contributed by atoms with Crippen LogP contribution in [-0.4, -0.2) is 5.97 Å². The van der Waals surface area contributed by atoms with Gasteiger partial charge in [-0.25, -0.2) is 4.79 Å². The highest BCUT2D eigenvalue weighted by molar-refractivity contribution is 5.99. The Hall–Kier alpha value is -2.87. The minimum absolute atomic E-state index is 0.171. The second-order valence-electron chi connectivity index (χ2n) is 8.00. The van der Waals surface area contributed by atoms with Gasteiger partial charge in [-0.05, 0) is 58.9 Å². The number of ether oxygens (including phenoxy) is 1. The molecule has 0 N–H and O–H groups in total. The van der Waals surface area contributed by atoms with Gasteiger partial charge in [-0.2, -0.15) is 0 Å². The Labute approximate surface area is 165 Å². The molecule has 0 spiro atoms. The van der Waals surface area contributed by atoms with Crippen molar-refractivity contribution < 1.29 is 9.53 Å². The predicted octanol–water partition coefficient (Wildman–Crippen LogP) is 6.51. The SMILES string of the molecule is O=[13C](O[13c]1ccc2ccccc2c1)C1=Cc2ccccc2C1C1CCCCC1. The second kappa shape index (κ2) is 7.27. The summed E-state index contributed by atoms with van der Waals surface area (Å²) in [5, 5.41) is 2.23. The van der Waals surface area contributed by atoms with E-state index in [-0.39, 0.29) is 11.9 Å². The van der Waals surface area contributed by atoms with Gasteiger partial charge in [0.05, 0.1) is 0 Å². The van der Waals surface area contributed by atoms with Gasteiger partial charge in [0.1, 0.15) is 5.75 Å². The molecule has 3 aromatic carbocycles. The maximum absolute atomic E-state index is 13.2. The third-order valence-corrected chi connectivity index (χ3v) is 6.27. The zero-order chi connectivity index (χ0) is 18.9. The number of fused-ring (bicyclic) bond motifs is 2. The van der Waals surface area contributed by atoms with Crippen molar-refractivity contribution in [2.24, 2.45) is 5.92 Å². The smallest absolute Gasteiger partial charge is 0.340 e. The number of rotatable bonds is 3. The van der Waals surface area contributed by atoms with Crippen LogP contribution in [0.2, 0.25) is 0 Å². The molecule has 0 aliphatic heterocycles. The highest BCUT2D eigenvalue weighted by Gasteiger charge is 2.36. The van der Waals surface area contributed by atoms with E-state index >= 15 is 0 Å². The lowest BCUT2D eigenvalue weighted by Crippen LogP contribution is -2.22. The minimum atomic E-state index is -0.206. The zero-order valence-corrected chi connectivity index (χ0v) is 15.9. The Kier molecular flexibility index (Phi) is 4.48. The van der Waals surface area contributed by atoms with E-state index in [1.165, 1.54) is 43.2 Å². The first kappa shape index (κ1) is 17.2. The average Bonchev–Trinajstić information content (AvgIpc) is 3.14. The average molecular weight is 370 g/mol. The first-order valence-electron chi connectivity index (χ1n) is 10.3. The summed E-state index contributed by atoms with van der Waals surface area (Å²) in [7, 11) is 0. The Bertz CT molecular complexity index is 1060. The fourth-order valence-electron chi connectivity index (χ4n) is 4.91. The topological polar surface area (TPSA) is 26.3 Å². The van der Waals surface area contributed by atoms with Crippen molar-refractivity contribution in [1.82, 2.24) is 0 Å². The first-order chi connectivity index (χ1) is 13.8. The molecule has 1 atom stereocenters. The van der Waals surface area contributed by atoms with Crippen molar-refractivity contribution in [3.05, 3.63) is 83.4 Å². The monoisotopic (exact) mass is 370 g/mol. The van der Waals surface area contributed by atoms with Crippen molar-refractivity contribution in [3.8, 4) is 5.75 Å². The molecule has 0 heterocycles. The molecule has 3 aromatic rings. The van der Waals surface area contributed by atoms with Gasteiger partial charge in [-0.3, -0.25) is 0 Å². The van der Waals surface area contributed by atoms with E-state index in [0.717, 1.165) is 16.3 Å². The maximum atomic E-state index is 13.2. The summed E-state index contributed by atoms with van der Waals surface area (Å²) < 4.78 is 5.85. The molecule has 28 heavy (non-hydrogen) atoms. The summed E-state index contributed by atoms with van der Waals surface area (Å²) in [5.74, 6) is 1.11. The van der Waals surface area contributed by atoms with E-state index in [4.69, 9.17) is 4.74 Å². The van der Waals surface area contributed by atoms with Crippen LogP contribution in [0.3, 0.4) is 0 Å². The lowest BCUT2D eigenvalue weighted by molar-refractivity contribution is -0.130. The molecule has 5 rings (SSSR count). The normalized spacial score (nSPS) is 19.3. The van der Waals surface area contributed by atoms with E-state index in [0.29, 0.717) is 11.7 Å². The molecule has 1 fully saturated rings. The Morgan fingerprint density at radius 2 is 1.57 bits per heavy atom. The van der Waals surface area contributed by atoms with Crippen LogP contribution in [0.4, 0.5) is 0 Å². The van der Waals surface area contributed by atoms with Crippen LogP contribution in [0.1, 0.15) is 49.1 Å². The Morgan fingerprint density at radius 3 is 2.43 bits per heavy atom. The number of benzene rings is 3. The van der Waals surface area contributed by atoms with Gasteiger partial charge in [0.2, 0.25) is 0 Å². The molecule has 0 saturated heterocycles. The van der Waals surface area contributed by atoms with E-state index in [2.05, 4.69) is 30.3 Å². The molecule has 2 aliphatic rings. The van der Waals surface area contributed by atoms with Gasteiger partial charge in [-0.15, -0.1) is 0 Å². The van der Waals surface area contributed by atoms with Crippen LogP contribution in [-0.2, 0) is 4.79 Å². The van der Waals surface area contributed by atoms with Crippen LogP contribution >= 0.6 is 0 Å². The van der Waals surface area contributed by atoms with Gasteiger partial charge in [-0.1, -0.05) is 73.9 Å². The van der Waals surface area contributed by atoms with Crippen LogP contribution < -0.4 is 4.74 Å². The van der Waals surface area contributed by atoms with E-state index in [1.807, 2.05) is 42.5 Å². The lowest BCUT2D eigenvalue weighted by Gasteiger charge is -2.29. The summed E-state index contributed by atoms with van der Waals surface area (Å²) in [5.41, 5.74) is 3.28. The third-order valence-electron chi connectivity index (χ3n) is 6.27. The third kappa shape index (κ3) is 3.13. The fraction of sp³-hybridized carbons (Fsp3) is 0.269. The van der Waals surface area contributed by atoms with E-state index < -0.39 is 0 Å². The minimum Gasteiger partial charge on any atom is -0.423 e. The quantitative estimate of drug-likeness (QED) is 0.298. The fourth-order valence-corrected chi connectivity index (χ4v) is 4.91. The van der Waals surface area contributed by atoms with Gasteiger partial charge in [0, 0.05) is 11.5 Å². The maximum Gasteiger partial charge on any atom is 0.340 e. The first-order valence-corrected chi connectivity index (χ1v) is 10.3. The number of carbonyl (C=O) groups is 1. The molecule has 0 aromatic heterocycles. The van der Waals surface area contributed by atoms with Gasteiger partial charge in [0.15, 0.2) is 0 Å². The van der Waals surface area contributed by atoms with Crippen LogP contribution in [0.5, 0.6) is 5.75 Å². The van der Waals surface area contributed by atoms with Crippen LogP contribution in [0, 0.1) is 5.92 Å². The van der Waals surface area contributed by atoms with Crippen molar-refractivity contribution in [1.29, 1.82) is 0 Å². The molecule has 1 unspecified atom stereocenters. The zero-order valence-electron chi connectivity index (χ0n) is 15.9. The van der Waals surface area contributed by atoms with Gasteiger partial charge < -0.3 is 4.74 Å². The Morgan fingerprint density at radius 1 is 0.821 bits per heavy atom. The number of esters is 1. The Balaban J connectivity index is 1.45. The van der Waals surface area contributed by atoms with Crippen molar-refractivity contribution in [2.75, 3.05) is 0 Å². The number of hydrogen-bond acceptors (Lipinski definition) is 2. The van der Waals surface area contributed by atoms with Crippen molar-refractivity contribution in [3.63, 3.8) is 0 Å². The molecule has 2 aliphatic carbocycles. The molecule has 2 heteroatoms. The van der Waals surface area contributed by atoms with E-state index in [9.17, 15) is 4.79 Å². The highest BCUT2D eigenvalue weighted by atomic mass is 16.7. The second-order valence-corrected chi connectivity index (χ2v) is 8.00. The summed E-state index contributed by atoms with van der Waals surface area (Å²) in [6, 6.07) is 22.4. The van der Waals surface area contributed by atoms with Gasteiger partial charge in [0.25, 0.3) is 0 Å². The summed E-state index contributed by atoms with van der Waals surface area (Å²) in [4.78, 5) is 13.2. The molecular weight excluding hydrogens is 346 g/mol. The standard InChI is InChI=1S/C26H24O2/c27-26(28-22-15-14-18-8-4-5-11-20(18)16-22)24-17-21-12-6-7-13-23(21)25(24)19-9-2-1-3-10-19/h4-8,11-17,19,25H,1-3,9-10H2/i22+1,26+1. The van der Waals surface area contributed by atoms with Crippen LogP contribution in [0.15, 0.2) is 72.3 Å². The molecular formula is C26H24O2. The summed E-state index contributed by atoms with van der Waals surface area (Å²) in [6.45, 7) is 0. The molecule has 2 nitrogen and oxygen atoms in total. The number of hydrogen-bond donors (Lipinski definition) is 0. The molecule has 140 valence electrons. The summed E-state index contributed by atoms with van der Waals surface area (Å²) >= 11 is 0. The van der Waals surface area contributed by atoms with Gasteiger partial charge >= 0.3 is 5.97 Å². The predicted molar refractivity (Wildman–Crippen MR) is 113 cm³/mol. The van der Waals surface area contributed by atoms with Crippen molar-refractivity contribution >= 4 is 22.8 Å². The molecule has 0 bridgehead atoms. The van der Waals surface area contributed by atoms with Crippen molar-refractivity contribution in [2.45, 2.75) is 38.0 Å².